The number of hydrogen-bond acceptors (Lipinski definition) is 7. The van der Waals surface area contributed by atoms with Crippen molar-refractivity contribution < 1.29 is 32.0 Å². The van der Waals surface area contributed by atoms with Crippen molar-refractivity contribution in [3.63, 3.8) is 0 Å². The minimum atomic E-state index is -3.33. The van der Waals surface area contributed by atoms with Gasteiger partial charge in [-0.1, -0.05) is 23.4 Å². The smallest absolute Gasteiger partial charge is 0.326 e. The molecule has 1 N–H and O–H groups in total. The van der Waals surface area contributed by atoms with Crippen LogP contribution in [-0.4, -0.2) is 54.5 Å². The van der Waals surface area contributed by atoms with Gasteiger partial charge in [0.15, 0.2) is 17.5 Å². The van der Waals surface area contributed by atoms with E-state index < -0.39 is 48.4 Å². The summed E-state index contributed by atoms with van der Waals surface area (Å²) in [5, 5.41) is 17.6. The van der Waals surface area contributed by atoms with Crippen molar-refractivity contribution in [3.05, 3.63) is 66.1 Å². The Balaban J connectivity index is 1.57. The molecule has 3 aromatic heterocycles. The molecule has 0 radical (unpaired) electrons. The number of carboxylic acids is 1. The van der Waals surface area contributed by atoms with Crippen LogP contribution in [0.5, 0.6) is 0 Å². The quantitative estimate of drug-likeness (QED) is 0.410. The second-order valence-electron chi connectivity index (χ2n) is 7.96. The maximum atomic E-state index is 14.6. The number of benzene rings is 1. The highest BCUT2D eigenvalue weighted by molar-refractivity contribution is 5.79. The summed E-state index contributed by atoms with van der Waals surface area (Å²) >= 11 is 0. The summed E-state index contributed by atoms with van der Waals surface area (Å²) in [5.41, 5.74) is 1.21. The highest BCUT2D eigenvalue weighted by atomic mass is 19.3. The predicted octanol–water partition coefficient (Wildman–Crippen LogP) is 3.62. The van der Waals surface area contributed by atoms with Crippen molar-refractivity contribution in [1.29, 1.82) is 0 Å². The summed E-state index contributed by atoms with van der Waals surface area (Å²) in [4.78, 5) is 20.2. The lowest BCUT2D eigenvalue weighted by molar-refractivity contribution is -0.139. The van der Waals surface area contributed by atoms with E-state index in [2.05, 4.69) is 20.2 Å². The molecule has 0 unspecified atom stereocenters. The molecule has 9 nitrogen and oxygen atoms in total. The van der Waals surface area contributed by atoms with Crippen LogP contribution >= 0.6 is 0 Å². The Kier molecular flexibility index (Phi) is 5.46. The lowest BCUT2D eigenvalue weighted by atomic mass is 10.2. The highest BCUT2D eigenvalue weighted by Gasteiger charge is 2.49. The van der Waals surface area contributed by atoms with Crippen LogP contribution in [0.25, 0.3) is 22.9 Å². The monoisotopic (exact) mass is 488 g/mol. The summed E-state index contributed by atoms with van der Waals surface area (Å²) < 4.78 is 63.1. The van der Waals surface area contributed by atoms with E-state index in [0.717, 1.165) is 6.20 Å². The molecule has 5 rings (SSSR count). The number of aromatic nitrogens is 5. The average molecular weight is 488 g/mol. The first kappa shape index (κ1) is 22.5. The normalized spacial score (nSPS) is 17.1. The van der Waals surface area contributed by atoms with Gasteiger partial charge in [-0.3, -0.25) is 4.68 Å². The molecule has 0 amide bonds. The first-order valence-corrected chi connectivity index (χ1v) is 10.3. The van der Waals surface area contributed by atoms with Crippen LogP contribution < -0.4 is 4.90 Å². The van der Waals surface area contributed by atoms with Crippen molar-refractivity contribution in [1.82, 2.24) is 24.9 Å². The fourth-order valence-corrected chi connectivity index (χ4v) is 3.93. The third-order valence-electron chi connectivity index (χ3n) is 5.54. The van der Waals surface area contributed by atoms with Crippen LogP contribution in [0.3, 0.4) is 0 Å². The van der Waals surface area contributed by atoms with E-state index in [1.807, 2.05) is 0 Å². The van der Waals surface area contributed by atoms with E-state index in [-0.39, 0.29) is 18.1 Å². The molecular weight excluding hydrogens is 472 g/mol. The van der Waals surface area contributed by atoms with Gasteiger partial charge >= 0.3 is 5.97 Å². The number of hydrogen-bond donors (Lipinski definition) is 1. The molecule has 1 saturated heterocycles. The molecule has 1 aliphatic heterocycles. The molecule has 1 aliphatic rings. The van der Waals surface area contributed by atoms with Gasteiger partial charge in [-0.25, -0.2) is 32.3 Å². The summed E-state index contributed by atoms with van der Waals surface area (Å²) in [5.74, 6) is -7.08. The average Bonchev–Trinajstić information content (AvgIpc) is 3.54. The zero-order valence-corrected chi connectivity index (χ0v) is 17.8. The van der Waals surface area contributed by atoms with Crippen LogP contribution in [0.1, 0.15) is 12.0 Å². The van der Waals surface area contributed by atoms with Crippen molar-refractivity contribution in [2.45, 2.75) is 24.9 Å². The Labute approximate surface area is 194 Å². The fraction of sp³-hybridized carbons (Fsp3) is 0.227. The predicted molar refractivity (Wildman–Crippen MR) is 113 cm³/mol. The van der Waals surface area contributed by atoms with Crippen molar-refractivity contribution in [2.75, 3.05) is 11.4 Å². The lowest BCUT2D eigenvalue weighted by Gasteiger charge is -2.22. The molecule has 180 valence electrons. The highest BCUT2D eigenvalue weighted by Crippen LogP contribution is 2.36. The zero-order chi connectivity index (χ0) is 24.7. The Morgan fingerprint density at radius 2 is 1.97 bits per heavy atom. The van der Waals surface area contributed by atoms with Gasteiger partial charge in [-0.2, -0.15) is 5.10 Å². The van der Waals surface area contributed by atoms with Gasteiger partial charge in [0.05, 0.1) is 25.0 Å². The van der Waals surface area contributed by atoms with Gasteiger partial charge in [0.25, 0.3) is 5.92 Å². The molecule has 0 saturated carbocycles. The number of anilines is 1. The Bertz CT molecular complexity index is 1390. The summed E-state index contributed by atoms with van der Waals surface area (Å²) in [6.07, 6.45) is 1.12. The molecule has 0 aliphatic carbocycles. The maximum absolute atomic E-state index is 14.6. The number of nitrogens with zero attached hydrogens (tertiary/aromatic N) is 6. The molecule has 0 spiro atoms. The first-order chi connectivity index (χ1) is 16.7. The van der Waals surface area contributed by atoms with E-state index in [1.54, 1.807) is 24.3 Å². The van der Waals surface area contributed by atoms with Gasteiger partial charge in [0, 0.05) is 18.1 Å². The van der Waals surface area contributed by atoms with E-state index in [9.17, 15) is 27.5 Å². The largest absolute Gasteiger partial charge is 0.480 e. The second-order valence-corrected chi connectivity index (χ2v) is 7.96. The Morgan fingerprint density at radius 3 is 2.69 bits per heavy atom. The third-order valence-corrected chi connectivity index (χ3v) is 5.54. The van der Waals surface area contributed by atoms with Crippen molar-refractivity contribution >= 4 is 11.8 Å². The van der Waals surface area contributed by atoms with Crippen molar-refractivity contribution in [2.24, 2.45) is 0 Å². The molecule has 35 heavy (non-hydrogen) atoms. The summed E-state index contributed by atoms with van der Waals surface area (Å²) in [6, 6.07) is 7.49. The lowest BCUT2D eigenvalue weighted by Crippen LogP contribution is -2.37. The number of rotatable bonds is 6. The number of alkyl halides is 2. The van der Waals surface area contributed by atoms with Crippen LogP contribution in [0, 0.1) is 11.6 Å². The minimum absolute atomic E-state index is 0.00234. The van der Waals surface area contributed by atoms with E-state index in [4.69, 9.17) is 4.52 Å². The standard InChI is InChI=1S/C22H16F4N6O3/c23-13-4-2-1-3-12(13)10-32-17(15-5-6-35-30-15)7-16(29-32)19-27-9-14(24)20(28-19)31-11-22(25,26)8-18(31)21(33)34/h1-7,9,18H,8,10-11H2,(H,33,34)/t18-/m0/s1. The maximum Gasteiger partial charge on any atom is 0.326 e. The second kappa shape index (κ2) is 8.49. The van der Waals surface area contributed by atoms with Crippen LogP contribution in [-0.2, 0) is 11.3 Å². The number of carboxylic acid groups (broad SMARTS) is 1. The molecule has 1 fully saturated rings. The third kappa shape index (κ3) is 4.32. The van der Waals surface area contributed by atoms with E-state index in [0.29, 0.717) is 21.9 Å². The van der Waals surface area contributed by atoms with Crippen LogP contribution in [0.2, 0.25) is 0 Å². The molecule has 0 bridgehead atoms. The van der Waals surface area contributed by atoms with Crippen LogP contribution in [0.4, 0.5) is 23.4 Å². The van der Waals surface area contributed by atoms with E-state index in [1.165, 1.54) is 23.1 Å². The molecule has 4 heterocycles. The number of carbonyl (C=O) groups is 1. The van der Waals surface area contributed by atoms with Gasteiger partial charge in [-0.05, 0) is 12.1 Å². The topological polar surface area (TPSA) is 110 Å². The van der Waals surface area contributed by atoms with E-state index >= 15 is 0 Å². The van der Waals surface area contributed by atoms with Crippen molar-refractivity contribution in [3.8, 4) is 22.9 Å². The van der Waals surface area contributed by atoms with Gasteiger partial charge < -0.3 is 14.5 Å². The molecular formula is C22H16F4N6O3. The zero-order valence-electron chi connectivity index (χ0n) is 17.8. The van der Waals surface area contributed by atoms with Crippen LogP contribution in [0.15, 0.2) is 53.4 Å². The minimum Gasteiger partial charge on any atom is -0.480 e. The summed E-state index contributed by atoms with van der Waals surface area (Å²) in [7, 11) is 0. The SMILES string of the molecule is O=C(O)[C@@H]1CC(F)(F)CN1c1nc(-c2cc(-c3ccon3)n(Cc3ccccc3F)n2)ncc1F. The number of halogens is 4. The van der Waals surface area contributed by atoms with Gasteiger partial charge in [0.2, 0.25) is 0 Å². The first-order valence-electron chi connectivity index (χ1n) is 10.3. The Hall–Kier alpha value is -4.29. The summed E-state index contributed by atoms with van der Waals surface area (Å²) in [6.45, 7) is -1.01. The molecule has 1 atom stereocenters. The molecule has 13 heteroatoms. The fourth-order valence-electron chi connectivity index (χ4n) is 3.93. The Morgan fingerprint density at radius 1 is 1.17 bits per heavy atom. The van der Waals surface area contributed by atoms with Gasteiger partial charge in [0.1, 0.15) is 29.5 Å². The van der Waals surface area contributed by atoms with Gasteiger partial charge in [-0.15, -0.1) is 0 Å². The molecule has 4 aromatic rings. The number of aliphatic carboxylic acids is 1. The molecule has 1 aromatic carbocycles.